The van der Waals surface area contributed by atoms with Crippen molar-refractivity contribution in [1.82, 2.24) is 39.3 Å². The predicted octanol–water partition coefficient (Wildman–Crippen LogP) is 1.75. The van der Waals surface area contributed by atoms with Crippen molar-refractivity contribution < 1.29 is 0 Å². The molecule has 0 radical (unpaired) electrons. The summed E-state index contributed by atoms with van der Waals surface area (Å²) in [5.41, 5.74) is 1.68. The first-order valence-corrected chi connectivity index (χ1v) is 7.47. The molecule has 0 spiro atoms. The Bertz CT molecular complexity index is 966. The van der Waals surface area contributed by atoms with Crippen LogP contribution < -0.4 is 0 Å². The van der Waals surface area contributed by atoms with Crippen LogP contribution in [0.1, 0.15) is 16.5 Å². The number of thiazole rings is 1. The third-order valence-corrected chi connectivity index (χ3v) is 4.19. The van der Waals surface area contributed by atoms with Crippen molar-refractivity contribution in [2.75, 3.05) is 0 Å². The third-order valence-electron chi connectivity index (χ3n) is 3.29. The molecular formula is C13H12N8S. The second-order valence-electron chi connectivity index (χ2n) is 4.85. The lowest BCUT2D eigenvalue weighted by Crippen LogP contribution is -2.07. The van der Waals surface area contributed by atoms with Crippen molar-refractivity contribution in [3.63, 3.8) is 0 Å². The van der Waals surface area contributed by atoms with Crippen molar-refractivity contribution in [3.05, 3.63) is 35.4 Å². The second-order valence-corrected chi connectivity index (χ2v) is 6.08. The molecule has 8 nitrogen and oxygen atoms in total. The van der Waals surface area contributed by atoms with Crippen LogP contribution in [0.4, 0.5) is 0 Å². The normalized spacial score (nSPS) is 11.4. The molecule has 0 fully saturated rings. The minimum Gasteiger partial charge on any atom is -0.249 e. The van der Waals surface area contributed by atoms with Gasteiger partial charge >= 0.3 is 0 Å². The lowest BCUT2D eigenvalue weighted by Gasteiger charge is -2.06. The summed E-state index contributed by atoms with van der Waals surface area (Å²) in [4.78, 5) is 18.3. The average Bonchev–Trinajstić information content (AvgIpc) is 3.21. The van der Waals surface area contributed by atoms with Gasteiger partial charge < -0.3 is 0 Å². The van der Waals surface area contributed by atoms with Gasteiger partial charge in [0.15, 0.2) is 11.6 Å². The zero-order valence-electron chi connectivity index (χ0n) is 12.2. The lowest BCUT2D eigenvalue weighted by atomic mass is 10.4. The highest BCUT2D eigenvalue weighted by atomic mass is 32.1. The molecule has 110 valence electrons. The molecule has 0 unspecified atom stereocenters. The fourth-order valence-corrected chi connectivity index (χ4v) is 3.06. The van der Waals surface area contributed by atoms with E-state index >= 15 is 0 Å². The van der Waals surface area contributed by atoms with Crippen LogP contribution in [0.25, 0.3) is 22.0 Å². The Kier molecular flexibility index (Phi) is 2.76. The highest BCUT2D eigenvalue weighted by molar-refractivity contribution is 7.14. The summed E-state index contributed by atoms with van der Waals surface area (Å²) in [6, 6.07) is 0. The van der Waals surface area contributed by atoms with Crippen LogP contribution in [-0.4, -0.2) is 39.3 Å². The van der Waals surface area contributed by atoms with E-state index in [1.165, 1.54) is 6.33 Å². The van der Waals surface area contributed by atoms with Crippen molar-refractivity contribution in [1.29, 1.82) is 0 Å². The highest BCUT2D eigenvalue weighted by Gasteiger charge is 2.18. The summed E-state index contributed by atoms with van der Waals surface area (Å²) in [6.45, 7) is 5.81. The summed E-state index contributed by atoms with van der Waals surface area (Å²) in [6.07, 6.45) is 4.88. The van der Waals surface area contributed by atoms with Gasteiger partial charge in [-0.2, -0.15) is 5.10 Å². The molecule has 4 aromatic rings. The Morgan fingerprint density at radius 2 is 2.00 bits per heavy atom. The van der Waals surface area contributed by atoms with Crippen molar-refractivity contribution in [2.45, 2.75) is 20.8 Å². The van der Waals surface area contributed by atoms with Crippen LogP contribution in [0.15, 0.2) is 18.9 Å². The van der Waals surface area contributed by atoms with Crippen molar-refractivity contribution in [2.24, 2.45) is 0 Å². The predicted molar refractivity (Wildman–Crippen MR) is 81.0 cm³/mol. The highest BCUT2D eigenvalue weighted by Crippen LogP contribution is 2.25. The molecule has 0 aliphatic carbocycles. The largest absolute Gasteiger partial charge is 0.249 e. The van der Waals surface area contributed by atoms with E-state index in [1.807, 2.05) is 20.8 Å². The first-order chi connectivity index (χ1) is 10.6. The van der Waals surface area contributed by atoms with Crippen molar-refractivity contribution >= 4 is 16.9 Å². The molecule has 0 aliphatic rings. The van der Waals surface area contributed by atoms with E-state index in [0.29, 0.717) is 11.6 Å². The van der Waals surface area contributed by atoms with E-state index in [1.54, 1.807) is 33.1 Å². The quantitative estimate of drug-likeness (QED) is 0.560. The Hall–Kier alpha value is -2.68. The Morgan fingerprint density at radius 1 is 1.14 bits per heavy atom. The molecule has 0 bridgehead atoms. The fourth-order valence-electron chi connectivity index (χ4n) is 2.35. The van der Waals surface area contributed by atoms with E-state index in [0.717, 1.165) is 26.9 Å². The zero-order valence-corrected chi connectivity index (χ0v) is 13.0. The Morgan fingerprint density at radius 3 is 2.68 bits per heavy atom. The van der Waals surface area contributed by atoms with Crippen LogP contribution in [0.2, 0.25) is 0 Å². The number of imidazole rings is 1. The van der Waals surface area contributed by atoms with E-state index in [9.17, 15) is 0 Å². The average molecular weight is 312 g/mol. The Labute approximate surface area is 129 Å². The molecule has 0 aromatic carbocycles. The molecule has 4 heterocycles. The van der Waals surface area contributed by atoms with Crippen LogP contribution in [0.3, 0.4) is 0 Å². The topological polar surface area (TPSA) is 86.7 Å². The smallest absolute Gasteiger partial charge is 0.193 e. The lowest BCUT2D eigenvalue weighted by molar-refractivity contribution is 0.801. The van der Waals surface area contributed by atoms with Gasteiger partial charge in [0.2, 0.25) is 0 Å². The van der Waals surface area contributed by atoms with Crippen molar-refractivity contribution in [3.8, 4) is 16.5 Å². The standard InChI is InChI=1S/C13H12N8S/c1-7-11-13(20-6-14-5-16-20)18-12(10-4-15-9(3)22-10)19-21(11)8(2)17-7/h4-6H,1-3H3. The number of hydrogen-bond acceptors (Lipinski definition) is 7. The summed E-state index contributed by atoms with van der Waals surface area (Å²) < 4.78 is 3.42. The SMILES string of the molecule is Cc1ncc(-c2nc(-n3cncn3)c3c(C)nc(C)n3n2)s1. The molecule has 0 aliphatic heterocycles. The Balaban J connectivity index is 2.07. The van der Waals surface area contributed by atoms with E-state index in [2.05, 4.69) is 30.1 Å². The minimum atomic E-state index is 0.601. The first-order valence-electron chi connectivity index (χ1n) is 6.65. The molecule has 0 saturated heterocycles. The molecule has 0 amide bonds. The van der Waals surface area contributed by atoms with Gasteiger partial charge in [-0.25, -0.2) is 29.1 Å². The monoisotopic (exact) mass is 312 g/mol. The molecule has 0 atom stereocenters. The molecular weight excluding hydrogens is 300 g/mol. The molecule has 0 saturated carbocycles. The van der Waals surface area contributed by atoms with Gasteiger partial charge in [-0.05, 0) is 20.8 Å². The van der Waals surface area contributed by atoms with E-state index in [-0.39, 0.29) is 0 Å². The number of rotatable bonds is 2. The molecule has 9 heteroatoms. The van der Waals surface area contributed by atoms with Crippen LogP contribution in [-0.2, 0) is 0 Å². The van der Waals surface area contributed by atoms with Crippen LogP contribution in [0, 0.1) is 20.8 Å². The van der Waals surface area contributed by atoms with Gasteiger partial charge in [0, 0.05) is 6.20 Å². The first kappa shape index (κ1) is 13.0. The number of nitrogens with zero attached hydrogens (tertiary/aromatic N) is 8. The summed E-state index contributed by atoms with van der Waals surface area (Å²) >= 11 is 1.55. The van der Waals surface area contributed by atoms with Crippen LogP contribution in [0.5, 0.6) is 0 Å². The third kappa shape index (κ3) is 1.90. The molecule has 4 aromatic heterocycles. The molecule has 22 heavy (non-hydrogen) atoms. The maximum atomic E-state index is 4.66. The van der Waals surface area contributed by atoms with E-state index in [4.69, 9.17) is 0 Å². The fraction of sp³-hybridized carbons (Fsp3) is 0.231. The van der Waals surface area contributed by atoms with Gasteiger partial charge in [0.1, 0.15) is 24.0 Å². The number of hydrogen-bond donors (Lipinski definition) is 0. The van der Waals surface area contributed by atoms with Crippen LogP contribution >= 0.6 is 11.3 Å². The van der Waals surface area contributed by atoms with Gasteiger partial charge in [0.25, 0.3) is 0 Å². The summed E-state index contributed by atoms with van der Waals surface area (Å²) in [5, 5.41) is 9.76. The maximum Gasteiger partial charge on any atom is 0.193 e. The summed E-state index contributed by atoms with van der Waals surface area (Å²) in [7, 11) is 0. The van der Waals surface area contributed by atoms with Gasteiger partial charge in [-0.15, -0.1) is 16.4 Å². The summed E-state index contributed by atoms with van der Waals surface area (Å²) in [5.74, 6) is 2.06. The maximum absolute atomic E-state index is 4.66. The molecule has 0 N–H and O–H groups in total. The number of aromatic nitrogens is 8. The van der Waals surface area contributed by atoms with Gasteiger partial charge in [-0.3, -0.25) is 0 Å². The zero-order chi connectivity index (χ0) is 15.3. The molecule has 4 rings (SSSR count). The van der Waals surface area contributed by atoms with E-state index < -0.39 is 0 Å². The van der Waals surface area contributed by atoms with Gasteiger partial charge in [-0.1, -0.05) is 0 Å². The van der Waals surface area contributed by atoms with Gasteiger partial charge in [0.05, 0.1) is 15.6 Å². The second kappa shape index (κ2) is 4.67. The number of aryl methyl sites for hydroxylation is 3. The minimum absolute atomic E-state index is 0.601. The number of fused-ring (bicyclic) bond motifs is 1.